The second kappa shape index (κ2) is 7.70. The van der Waals surface area contributed by atoms with Crippen molar-refractivity contribution in [2.75, 3.05) is 37.8 Å². The summed E-state index contributed by atoms with van der Waals surface area (Å²) in [6, 6.07) is 5.79. The number of H-pyrrole nitrogens is 1. The molecule has 1 unspecified atom stereocenters. The number of halogens is 1. The van der Waals surface area contributed by atoms with E-state index in [4.69, 9.17) is 0 Å². The Morgan fingerprint density at radius 2 is 2.00 bits per heavy atom. The van der Waals surface area contributed by atoms with E-state index in [1.807, 2.05) is 0 Å². The summed E-state index contributed by atoms with van der Waals surface area (Å²) < 4.78 is 37.8. The number of aromatic amines is 1. The number of hydrogen-bond acceptors (Lipinski definition) is 6. The van der Waals surface area contributed by atoms with Crippen molar-refractivity contribution in [1.29, 1.82) is 0 Å². The van der Waals surface area contributed by atoms with E-state index in [1.54, 1.807) is 19.0 Å². The first-order valence-corrected chi connectivity index (χ1v) is 10.4. The van der Waals surface area contributed by atoms with Gasteiger partial charge in [0.2, 0.25) is 11.9 Å². The molecular weight excluding hydrogens is 387 g/mol. The Morgan fingerprint density at radius 1 is 1.32 bits per heavy atom. The van der Waals surface area contributed by atoms with Crippen LogP contribution in [0.2, 0.25) is 0 Å². The van der Waals surface area contributed by atoms with Crippen molar-refractivity contribution in [2.24, 2.45) is 0 Å². The molecule has 28 heavy (non-hydrogen) atoms. The maximum Gasteiger partial charge on any atom is 0.252 e. The van der Waals surface area contributed by atoms with Crippen LogP contribution in [0.3, 0.4) is 0 Å². The van der Waals surface area contributed by atoms with Crippen molar-refractivity contribution in [1.82, 2.24) is 14.9 Å². The summed E-state index contributed by atoms with van der Waals surface area (Å²) in [4.78, 5) is 34.4. The molecule has 2 heterocycles. The average molecular weight is 408 g/mol. The zero-order valence-corrected chi connectivity index (χ0v) is 16.4. The van der Waals surface area contributed by atoms with Crippen LogP contribution < -0.4 is 10.5 Å². The summed E-state index contributed by atoms with van der Waals surface area (Å²) >= 11 is 0. The Labute approximate surface area is 161 Å². The van der Waals surface area contributed by atoms with Gasteiger partial charge in [-0.3, -0.25) is 14.6 Å². The summed E-state index contributed by atoms with van der Waals surface area (Å²) in [6.07, 6.45) is 0.589. The van der Waals surface area contributed by atoms with Gasteiger partial charge in [0.1, 0.15) is 11.6 Å². The molecule has 1 aliphatic heterocycles. The van der Waals surface area contributed by atoms with Gasteiger partial charge in [0.15, 0.2) is 9.84 Å². The zero-order chi connectivity index (χ0) is 20.5. The molecular formula is C18H21FN4O4S. The quantitative estimate of drug-likeness (QED) is 0.733. The smallest absolute Gasteiger partial charge is 0.252 e. The molecule has 8 nitrogen and oxygen atoms in total. The van der Waals surface area contributed by atoms with E-state index < -0.39 is 27.3 Å². The van der Waals surface area contributed by atoms with Crippen molar-refractivity contribution in [2.45, 2.75) is 17.2 Å². The van der Waals surface area contributed by atoms with Crippen LogP contribution in [0.5, 0.6) is 0 Å². The highest BCUT2D eigenvalue weighted by Crippen LogP contribution is 2.26. The van der Waals surface area contributed by atoms with E-state index >= 15 is 0 Å². The molecule has 0 radical (unpaired) electrons. The van der Waals surface area contributed by atoms with Crippen molar-refractivity contribution >= 4 is 21.7 Å². The molecule has 1 N–H and O–H groups in total. The van der Waals surface area contributed by atoms with Gasteiger partial charge in [0, 0.05) is 39.2 Å². The van der Waals surface area contributed by atoms with Crippen molar-refractivity contribution in [3.63, 3.8) is 0 Å². The lowest BCUT2D eigenvalue weighted by atomic mass is 10.1. The fourth-order valence-electron chi connectivity index (χ4n) is 3.09. The van der Waals surface area contributed by atoms with E-state index in [0.29, 0.717) is 31.2 Å². The predicted octanol–water partition coefficient (Wildman–Crippen LogP) is 0.765. The van der Waals surface area contributed by atoms with Gasteiger partial charge in [0.25, 0.3) is 5.56 Å². The fraction of sp³-hybridized carbons (Fsp3) is 0.389. The maximum absolute atomic E-state index is 13.0. The van der Waals surface area contributed by atoms with E-state index in [9.17, 15) is 22.4 Å². The summed E-state index contributed by atoms with van der Waals surface area (Å²) in [5.41, 5.74) is 0.293. The summed E-state index contributed by atoms with van der Waals surface area (Å²) in [5.74, 6) is -1.47. The number of aromatic nitrogens is 2. The first-order chi connectivity index (χ1) is 13.2. The molecule has 1 aromatic heterocycles. The van der Waals surface area contributed by atoms with Crippen molar-refractivity contribution in [3.05, 3.63) is 52.2 Å². The SMILES string of the molecule is CN(C)c1nc(C2CCN(C(=O)CS(=O)(=O)c3ccc(F)cc3)C2)cc(=O)[nH]1. The molecule has 1 amide bonds. The van der Waals surface area contributed by atoms with Crippen LogP contribution in [0.15, 0.2) is 40.0 Å². The number of hydrogen-bond donors (Lipinski definition) is 1. The lowest BCUT2D eigenvalue weighted by Gasteiger charge is -2.17. The second-order valence-electron chi connectivity index (χ2n) is 6.93. The van der Waals surface area contributed by atoms with Crippen LogP contribution in [0.4, 0.5) is 10.3 Å². The number of benzene rings is 1. The number of nitrogens with zero attached hydrogens (tertiary/aromatic N) is 3. The lowest BCUT2D eigenvalue weighted by Crippen LogP contribution is -2.34. The Kier molecular flexibility index (Phi) is 5.50. The molecule has 3 rings (SSSR count). The van der Waals surface area contributed by atoms with Gasteiger partial charge in [-0.2, -0.15) is 0 Å². The van der Waals surface area contributed by atoms with Crippen molar-refractivity contribution < 1.29 is 17.6 Å². The number of amides is 1. The highest BCUT2D eigenvalue weighted by Gasteiger charge is 2.31. The molecule has 0 saturated carbocycles. The van der Waals surface area contributed by atoms with Crippen LogP contribution >= 0.6 is 0 Å². The third kappa shape index (κ3) is 4.38. The standard InChI is InChI=1S/C18H21FN4O4S/c1-22(2)18-20-15(9-16(24)21-18)12-7-8-23(10-12)17(25)11-28(26,27)14-5-3-13(19)4-6-14/h3-6,9,12H,7-8,10-11H2,1-2H3,(H,20,21,24). The molecule has 1 aliphatic rings. The number of likely N-dealkylation sites (tertiary alicyclic amines) is 1. The Hall–Kier alpha value is -2.75. The highest BCUT2D eigenvalue weighted by molar-refractivity contribution is 7.92. The number of carbonyl (C=O) groups excluding carboxylic acids is 1. The largest absolute Gasteiger partial charge is 0.348 e. The van der Waals surface area contributed by atoms with Gasteiger partial charge in [-0.1, -0.05) is 0 Å². The van der Waals surface area contributed by atoms with E-state index in [1.165, 1.54) is 11.0 Å². The van der Waals surface area contributed by atoms with E-state index in [0.717, 1.165) is 24.3 Å². The van der Waals surface area contributed by atoms with Crippen molar-refractivity contribution in [3.8, 4) is 0 Å². The highest BCUT2D eigenvalue weighted by atomic mass is 32.2. The lowest BCUT2D eigenvalue weighted by molar-refractivity contribution is -0.127. The zero-order valence-electron chi connectivity index (χ0n) is 15.6. The monoisotopic (exact) mass is 408 g/mol. The molecule has 1 atom stereocenters. The van der Waals surface area contributed by atoms with Crippen LogP contribution in [-0.4, -0.2) is 62.1 Å². The number of nitrogens with one attached hydrogen (secondary N) is 1. The first kappa shape index (κ1) is 20.0. The van der Waals surface area contributed by atoms with Gasteiger partial charge in [-0.05, 0) is 30.7 Å². The molecule has 1 aromatic carbocycles. The van der Waals surface area contributed by atoms with Crippen LogP contribution in [0, 0.1) is 5.82 Å². The number of anilines is 1. The molecule has 0 spiro atoms. The molecule has 2 aromatic rings. The van der Waals surface area contributed by atoms with Gasteiger partial charge < -0.3 is 9.80 Å². The predicted molar refractivity (Wildman–Crippen MR) is 102 cm³/mol. The minimum absolute atomic E-state index is 0.0927. The summed E-state index contributed by atoms with van der Waals surface area (Å²) in [7, 11) is -0.342. The van der Waals surface area contributed by atoms with Crippen LogP contribution in [0.1, 0.15) is 18.0 Å². The van der Waals surface area contributed by atoms with Gasteiger partial charge in [0.05, 0.1) is 10.6 Å². The molecule has 1 fully saturated rings. The number of rotatable bonds is 5. The van der Waals surface area contributed by atoms with Crippen LogP contribution in [-0.2, 0) is 14.6 Å². The Morgan fingerprint density at radius 3 is 2.64 bits per heavy atom. The topological polar surface area (TPSA) is 103 Å². The van der Waals surface area contributed by atoms with Crippen LogP contribution in [0.25, 0.3) is 0 Å². The minimum atomic E-state index is -3.86. The second-order valence-corrected chi connectivity index (χ2v) is 8.92. The summed E-state index contributed by atoms with van der Waals surface area (Å²) in [5, 5.41) is 0. The molecule has 0 bridgehead atoms. The van der Waals surface area contributed by atoms with Gasteiger partial charge >= 0.3 is 0 Å². The number of carbonyl (C=O) groups is 1. The Balaban J connectivity index is 1.71. The number of sulfone groups is 1. The third-order valence-corrected chi connectivity index (χ3v) is 6.24. The minimum Gasteiger partial charge on any atom is -0.348 e. The average Bonchev–Trinajstić information content (AvgIpc) is 3.11. The van der Waals surface area contributed by atoms with E-state index in [2.05, 4.69) is 9.97 Å². The molecule has 150 valence electrons. The summed E-state index contributed by atoms with van der Waals surface area (Å²) in [6.45, 7) is 0.676. The third-order valence-electron chi connectivity index (χ3n) is 4.62. The Bertz CT molecular complexity index is 1030. The molecule has 1 saturated heterocycles. The normalized spacial score (nSPS) is 17.0. The van der Waals surface area contributed by atoms with Gasteiger partial charge in [-0.15, -0.1) is 0 Å². The first-order valence-electron chi connectivity index (χ1n) is 8.70. The molecule has 10 heteroatoms. The fourth-order valence-corrected chi connectivity index (χ4v) is 4.32. The van der Waals surface area contributed by atoms with E-state index in [-0.39, 0.29) is 16.4 Å². The van der Waals surface area contributed by atoms with Gasteiger partial charge in [-0.25, -0.2) is 17.8 Å². The molecule has 0 aliphatic carbocycles. The maximum atomic E-state index is 13.0.